The van der Waals surface area contributed by atoms with Crippen molar-refractivity contribution in [2.24, 2.45) is 7.05 Å². The smallest absolute Gasteiger partial charge is 0.131 e. The lowest BCUT2D eigenvalue weighted by Crippen LogP contribution is -2.03. The van der Waals surface area contributed by atoms with Gasteiger partial charge in [0, 0.05) is 12.7 Å². The minimum Gasteiger partial charge on any atom is -0.487 e. The maximum Gasteiger partial charge on any atom is 0.131 e. The number of rotatable bonds is 4. The second kappa shape index (κ2) is 5.44. The minimum absolute atomic E-state index is 0.480. The van der Waals surface area contributed by atoms with Crippen LogP contribution in [0.3, 0.4) is 0 Å². The average Bonchev–Trinajstić information content (AvgIpc) is 2.64. The third kappa shape index (κ3) is 2.67. The molecule has 0 aliphatic rings. The minimum atomic E-state index is 0.480. The molecule has 0 aliphatic heterocycles. The van der Waals surface area contributed by atoms with Crippen molar-refractivity contribution >= 4 is 21.6 Å². The van der Waals surface area contributed by atoms with Crippen molar-refractivity contribution in [3.05, 3.63) is 40.1 Å². The molecule has 0 unspecified atom stereocenters. The van der Waals surface area contributed by atoms with Crippen LogP contribution in [0.2, 0.25) is 0 Å². The summed E-state index contributed by atoms with van der Waals surface area (Å²) in [5.74, 6) is 0.801. The molecule has 1 aromatic heterocycles. The van der Waals surface area contributed by atoms with Gasteiger partial charge in [0.2, 0.25) is 0 Å². The molecule has 2 aromatic rings. The summed E-state index contributed by atoms with van der Waals surface area (Å²) in [5.41, 5.74) is 8.44. The molecule has 0 aliphatic carbocycles. The normalized spacial score (nSPS) is 10.6. The molecule has 0 amide bonds. The molecule has 5 heteroatoms. The van der Waals surface area contributed by atoms with Gasteiger partial charge in [0.15, 0.2) is 0 Å². The predicted octanol–water partition coefficient (Wildman–Crippen LogP) is 2.91. The molecule has 0 radical (unpaired) electrons. The number of nitrogen functional groups attached to an aromatic ring is 1. The number of ether oxygens (including phenoxy) is 1. The van der Waals surface area contributed by atoms with Gasteiger partial charge in [0.05, 0.1) is 15.9 Å². The molecule has 0 saturated carbocycles. The fourth-order valence-electron chi connectivity index (χ4n) is 1.69. The van der Waals surface area contributed by atoms with Crippen LogP contribution < -0.4 is 10.5 Å². The Morgan fingerprint density at radius 3 is 2.56 bits per heavy atom. The molecule has 2 rings (SSSR count). The van der Waals surface area contributed by atoms with E-state index >= 15 is 0 Å². The van der Waals surface area contributed by atoms with Crippen LogP contribution in [0, 0.1) is 0 Å². The highest BCUT2D eigenvalue weighted by molar-refractivity contribution is 9.10. The molecule has 0 bridgehead atoms. The van der Waals surface area contributed by atoms with E-state index < -0.39 is 0 Å². The molecule has 0 saturated heterocycles. The molecular weight excluding hydrogens is 294 g/mol. The second-order valence-electron chi connectivity index (χ2n) is 4.04. The molecular formula is C13H16BrN3O. The first-order valence-electron chi connectivity index (χ1n) is 5.80. The number of nitrogens with zero attached hydrogens (tertiary/aromatic N) is 2. The molecule has 2 N–H and O–H groups in total. The van der Waals surface area contributed by atoms with Crippen LogP contribution in [0.4, 0.5) is 5.69 Å². The van der Waals surface area contributed by atoms with Crippen molar-refractivity contribution in [2.45, 2.75) is 20.0 Å². The van der Waals surface area contributed by atoms with Crippen molar-refractivity contribution in [3.8, 4) is 5.75 Å². The highest BCUT2D eigenvalue weighted by Crippen LogP contribution is 2.23. The average molecular weight is 310 g/mol. The quantitative estimate of drug-likeness (QED) is 0.884. The van der Waals surface area contributed by atoms with Crippen LogP contribution in [0.25, 0.3) is 0 Å². The lowest BCUT2D eigenvalue weighted by atomic mass is 10.3. The molecule has 0 fully saturated rings. The zero-order chi connectivity index (χ0) is 13.1. The van der Waals surface area contributed by atoms with Crippen LogP contribution in [-0.2, 0) is 20.1 Å². The van der Waals surface area contributed by atoms with Gasteiger partial charge in [-0.25, -0.2) is 0 Å². The Bertz CT molecular complexity index is 534. The zero-order valence-electron chi connectivity index (χ0n) is 10.5. The van der Waals surface area contributed by atoms with E-state index in [9.17, 15) is 0 Å². The maximum atomic E-state index is 5.72. The van der Waals surface area contributed by atoms with Crippen molar-refractivity contribution in [2.75, 3.05) is 5.73 Å². The highest BCUT2D eigenvalue weighted by atomic mass is 79.9. The molecule has 96 valence electrons. The number of anilines is 1. The summed E-state index contributed by atoms with van der Waals surface area (Å²) in [5, 5.41) is 4.42. The lowest BCUT2D eigenvalue weighted by molar-refractivity contribution is 0.294. The first-order chi connectivity index (χ1) is 8.61. The van der Waals surface area contributed by atoms with Gasteiger partial charge in [0.25, 0.3) is 0 Å². The molecule has 18 heavy (non-hydrogen) atoms. The topological polar surface area (TPSA) is 53.1 Å². The van der Waals surface area contributed by atoms with E-state index in [0.29, 0.717) is 6.61 Å². The Morgan fingerprint density at radius 2 is 2.00 bits per heavy atom. The number of aryl methyl sites for hydroxylation is 2. The van der Waals surface area contributed by atoms with E-state index in [-0.39, 0.29) is 0 Å². The van der Waals surface area contributed by atoms with E-state index in [1.807, 2.05) is 36.0 Å². The number of aromatic nitrogens is 2. The van der Waals surface area contributed by atoms with Gasteiger partial charge in [-0.2, -0.15) is 5.10 Å². The Morgan fingerprint density at radius 1 is 1.33 bits per heavy atom. The Kier molecular flexibility index (Phi) is 3.91. The number of hydrogen-bond acceptors (Lipinski definition) is 3. The van der Waals surface area contributed by atoms with Crippen molar-refractivity contribution in [1.29, 1.82) is 0 Å². The number of hydrogen-bond donors (Lipinski definition) is 1. The fraction of sp³-hybridized carbons (Fsp3) is 0.308. The standard InChI is InChI=1S/C13H16BrN3O/c1-3-11-13(14)12(17(2)16-11)8-18-10-6-4-9(15)5-7-10/h4-7H,3,8,15H2,1-2H3. The van der Waals surface area contributed by atoms with Crippen LogP contribution in [-0.4, -0.2) is 9.78 Å². The Balaban J connectivity index is 2.10. The van der Waals surface area contributed by atoms with Crippen molar-refractivity contribution in [1.82, 2.24) is 9.78 Å². The lowest BCUT2D eigenvalue weighted by Gasteiger charge is -2.07. The summed E-state index contributed by atoms with van der Waals surface area (Å²) in [7, 11) is 1.92. The molecule has 1 heterocycles. The van der Waals surface area contributed by atoms with Crippen LogP contribution in [0.5, 0.6) is 5.75 Å². The van der Waals surface area contributed by atoms with Crippen LogP contribution in [0.15, 0.2) is 28.7 Å². The summed E-state index contributed by atoms with van der Waals surface area (Å²) in [6.45, 7) is 2.56. The molecule has 0 atom stereocenters. The molecule has 4 nitrogen and oxygen atoms in total. The SMILES string of the molecule is CCc1nn(C)c(COc2ccc(N)cc2)c1Br. The van der Waals surface area contributed by atoms with Crippen LogP contribution in [0.1, 0.15) is 18.3 Å². The zero-order valence-corrected chi connectivity index (χ0v) is 12.1. The summed E-state index contributed by atoms with van der Waals surface area (Å²) >= 11 is 3.56. The first kappa shape index (κ1) is 13.0. The largest absolute Gasteiger partial charge is 0.487 e. The van der Waals surface area contributed by atoms with Gasteiger partial charge < -0.3 is 10.5 Å². The molecule has 1 aromatic carbocycles. The van der Waals surface area contributed by atoms with Crippen molar-refractivity contribution < 1.29 is 4.74 Å². The van der Waals surface area contributed by atoms with E-state index in [2.05, 4.69) is 28.0 Å². The van der Waals surface area contributed by atoms with E-state index in [0.717, 1.165) is 33.7 Å². The van der Waals surface area contributed by atoms with Crippen LogP contribution >= 0.6 is 15.9 Å². The monoisotopic (exact) mass is 309 g/mol. The summed E-state index contributed by atoms with van der Waals surface area (Å²) in [6, 6.07) is 7.37. The maximum absolute atomic E-state index is 5.72. The Hall–Kier alpha value is -1.49. The van der Waals surface area contributed by atoms with E-state index in [1.54, 1.807) is 0 Å². The first-order valence-corrected chi connectivity index (χ1v) is 6.59. The van der Waals surface area contributed by atoms with Gasteiger partial charge >= 0.3 is 0 Å². The number of benzene rings is 1. The van der Waals surface area contributed by atoms with E-state index in [1.165, 1.54) is 0 Å². The van der Waals surface area contributed by atoms with Gasteiger partial charge in [-0.3, -0.25) is 4.68 Å². The van der Waals surface area contributed by atoms with E-state index in [4.69, 9.17) is 10.5 Å². The number of halogens is 1. The number of nitrogens with two attached hydrogens (primary N) is 1. The van der Waals surface area contributed by atoms with Crippen molar-refractivity contribution in [3.63, 3.8) is 0 Å². The Labute approximate surface area is 115 Å². The van der Waals surface area contributed by atoms with Gasteiger partial charge in [-0.15, -0.1) is 0 Å². The second-order valence-corrected chi connectivity index (χ2v) is 4.84. The third-order valence-corrected chi connectivity index (χ3v) is 3.67. The summed E-state index contributed by atoms with van der Waals surface area (Å²) in [4.78, 5) is 0. The van der Waals surface area contributed by atoms with Gasteiger partial charge in [0.1, 0.15) is 12.4 Å². The predicted molar refractivity (Wildman–Crippen MR) is 75.5 cm³/mol. The molecule has 0 spiro atoms. The van der Waals surface area contributed by atoms with Gasteiger partial charge in [-0.1, -0.05) is 6.92 Å². The highest BCUT2D eigenvalue weighted by Gasteiger charge is 2.12. The third-order valence-electron chi connectivity index (χ3n) is 2.76. The summed E-state index contributed by atoms with van der Waals surface area (Å²) < 4.78 is 8.60. The van der Waals surface area contributed by atoms with Gasteiger partial charge in [-0.05, 0) is 46.6 Å². The summed E-state index contributed by atoms with van der Waals surface area (Å²) in [6.07, 6.45) is 0.899. The fourth-order valence-corrected chi connectivity index (χ4v) is 2.42.